The van der Waals surface area contributed by atoms with Gasteiger partial charge in [-0.1, -0.05) is 6.92 Å². The largest absolute Gasteiger partial charge is 1.00 e. The number of nitrogens with zero attached hydrogens (tertiary/aromatic N) is 1. The van der Waals surface area contributed by atoms with Gasteiger partial charge in [-0.25, -0.2) is 4.79 Å². The van der Waals surface area contributed by atoms with Crippen LogP contribution in [0.3, 0.4) is 0 Å². The van der Waals surface area contributed by atoms with Crippen molar-refractivity contribution >= 4 is 16.9 Å². The van der Waals surface area contributed by atoms with Gasteiger partial charge in [0.2, 0.25) is 0 Å². The average Bonchev–Trinajstić information content (AvgIpc) is 2.96. The minimum absolute atomic E-state index is 0. The zero-order valence-corrected chi connectivity index (χ0v) is 16.8. The monoisotopic (exact) mass is 396 g/mol. The minimum atomic E-state index is -0.447. The molecule has 1 fully saturated rings. The van der Waals surface area contributed by atoms with Gasteiger partial charge < -0.3 is 31.4 Å². The molecule has 0 aliphatic carbocycles. The lowest BCUT2D eigenvalue weighted by Gasteiger charge is -2.30. The Morgan fingerprint density at radius 2 is 2.00 bits per heavy atom. The molecule has 1 aliphatic heterocycles. The molecule has 0 atom stereocenters. The maximum absolute atomic E-state index is 12.6. The summed E-state index contributed by atoms with van der Waals surface area (Å²) in [5, 5.41) is 11.1. The van der Waals surface area contributed by atoms with Crippen LogP contribution in [0.4, 0.5) is 0 Å². The number of hydrogen-bond donors (Lipinski definition) is 1. The smallest absolute Gasteiger partial charge is 0.342 e. The van der Waals surface area contributed by atoms with Crippen LogP contribution in [0, 0.1) is 12.8 Å². The van der Waals surface area contributed by atoms with Gasteiger partial charge in [0.25, 0.3) is 0 Å². The van der Waals surface area contributed by atoms with Crippen molar-refractivity contribution in [1.29, 1.82) is 0 Å². The highest BCUT2D eigenvalue weighted by molar-refractivity contribution is 6.06. The van der Waals surface area contributed by atoms with Gasteiger partial charge >= 0.3 is 5.97 Å². The fourth-order valence-corrected chi connectivity index (χ4v) is 3.51. The first-order valence-electron chi connectivity index (χ1n) is 9.13. The van der Waals surface area contributed by atoms with E-state index in [4.69, 9.17) is 13.9 Å². The van der Waals surface area contributed by atoms with Crippen molar-refractivity contribution in [1.82, 2.24) is 4.90 Å². The minimum Gasteiger partial charge on any atom is -1.00 e. The number of aromatic hydroxyl groups is 1. The summed E-state index contributed by atoms with van der Waals surface area (Å²) in [4.78, 5) is 14.9. The van der Waals surface area contributed by atoms with E-state index in [-0.39, 0.29) is 24.8 Å². The fourth-order valence-electron chi connectivity index (χ4n) is 3.51. The van der Waals surface area contributed by atoms with Crippen LogP contribution in [0.15, 0.2) is 16.5 Å². The number of phenolic OH excluding ortho intramolecular Hbond substituents is 1. The molecule has 0 bridgehead atoms. The number of aryl methyl sites for hydroxylation is 1. The van der Waals surface area contributed by atoms with Gasteiger partial charge in [0, 0.05) is 24.6 Å². The number of benzene rings is 1. The van der Waals surface area contributed by atoms with E-state index in [1.54, 1.807) is 26.2 Å². The van der Waals surface area contributed by atoms with E-state index in [9.17, 15) is 9.90 Å². The summed E-state index contributed by atoms with van der Waals surface area (Å²) < 4.78 is 16.0. The topological polar surface area (TPSA) is 72.1 Å². The molecular formula is C20H27ClNO5-. The summed E-state index contributed by atoms with van der Waals surface area (Å²) in [6.45, 7) is 7.10. The highest BCUT2D eigenvalue weighted by atomic mass is 35.5. The molecule has 0 unspecified atom stereocenters. The number of halogens is 1. The molecule has 2 heterocycles. The number of phenols is 1. The van der Waals surface area contributed by atoms with E-state index in [0.29, 0.717) is 35.4 Å². The Bertz CT molecular complexity index is 780. The van der Waals surface area contributed by atoms with Gasteiger partial charge in [-0.15, -0.1) is 0 Å². The number of esters is 1. The summed E-state index contributed by atoms with van der Waals surface area (Å²) in [6.07, 6.45) is 2.29. The normalized spacial score (nSPS) is 15.7. The average molecular weight is 397 g/mol. The Morgan fingerprint density at radius 1 is 1.30 bits per heavy atom. The van der Waals surface area contributed by atoms with Crippen LogP contribution in [-0.2, 0) is 16.0 Å². The number of furan rings is 1. The first-order chi connectivity index (χ1) is 12.5. The molecule has 7 heteroatoms. The second-order valence-electron chi connectivity index (χ2n) is 7.06. The fraction of sp³-hybridized carbons (Fsp3) is 0.550. The van der Waals surface area contributed by atoms with E-state index in [2.05, 4.69) is 11.8 Å². The molecule has 1 N–H and O–H groups in total. The molecular weight excluding hydrogens is 370 g/mol. The molecule has 0 saturated carbocycles. The first-order valence-corrected chi connectivity index (χ1v) is 9.13. The number of fused-ring (bicyclic) bond motifs is 1. The van der Waals surface area contributed by atoms with E-state index in [1.807, 2.05) is 0 Å². The zero-order chi connectivity index (χ0) is 18.7. The summed E-state index contributed by atoms with van der Waals surface area (Å²) in [6, 6.07) is 3.33. The van der Waals surface area contributed by atoms with Crippen molar-refractivity contribution in [2.75, 3.05) is 33.4 Å². The highest BCUT2D eigenvalue weighted by Gasteiger charge is 2.25. The summed E-state index contributed by atoms with van der Waals surface area (Å²) >= 11 is 0. The second kappa shape index (κ2) is 9.44. The maximum atomic E-state index is 12.6. The SMILES string of the molecule is COCCOC(=O)c1c(C)oc2ccc(O)c(CN3CCC(C)CC3)c12.[Cl-]. The molecule has 6 nitrogen and oxygen atoms in total. The molecule has 0 radical (unpaired) electrons. The van der Waals surface area contributed by atoms with Gasteiger partial charge in [0.05, 0.1) is 6.61 Å². The lowest BCUT2D eigenvalue weighted by atomic mass is 9.97. The Labute approximate surface area is 165 Å². The third-order valence-electron chi connectivity index (χ3n) is 5.10. The Hall–Kier alpha value is -1.76. The Morgan fingerprint density at radius 3 is 2.67 bits per heavy atom. The molecule has 0 amide bonds. The Kier molecular flexibility index (Phi) is 7.53. The molecule has 1 aliphatic rings. The van der Waals surface area contributed by atoms with Crippen LogP contribution in [0.5, 0.6) is 5.75 Å². The number of methoxy groups -OCH3 is 1. The predicted molar refractivity (Wildman–Crippen MR) is 98.4 cm³/mol. The molecule has 1 aromatic carbocycles. The van der Waals surface area contributed by atoms with Crippen LogP contribution >= 0.6 is 0 Å². The third kappa shape index (κ3) is 4.75. The van der Waals surface area contributed by atoms with Gasteiger partial charge in [-0.05, 0) is 50.9 Å². The van der Waals surface area contributed by atoms with Crippen molar-refractivity contribution in [2.24, 2.45) is 5.92 Å². The number of carbonyl (C=O) groups excluding carboxylic acids is 1. The zero-order valence-electron chi connectivity index (χ0n) is 16.1. The van der Waals surface area contributed by atoms with Crippen LogP contribution in [0.2, 0.25) is 0 Å². The number of rotatable bonds is 6. The van der Waals surface area contributed by atoms with Crippen molar-refractivity contribution in [2.45, 2.75) is 33.2 Å². The number of carbonyl (C=O) groups is 1. The van der Waals surface area contributed by atoms with Crippen molar-refractivity contribution in [3.8, 4) is 5.75 Å². The lowest BCUT2D eigenvalue weighted by molar-refractivity contribution is -0.0000274. The van der Waals surface area contributed by atoms with Crippen molar-refractivity contribution in [3.63, 3.8) is 0 Å². The number of ether oxygens (including phenoxy) is 2. The maximum Gasteiger partial charge on any atom is 0.342 e. The van der Waals surface area contributed by atoms with E-state index >= 15 is 0 Å². The summed E-state index contributed by atoms with van der Waals surface area (Å²) in [7, 11) is 1.56. The third-order valence-corrected chi connectivity index (χ3v) is 5.10. The first kappa shape index (κ1) is 21.5. The number of hydrogen-bond acceptors (Lipinski definition) is 6. The predicted octanol–water partition coefficient (Wildman–Crippen LogP) is 0.486. The van der Waals surface area contributed by atoms with Crippen LogP contribution in [-0.4, -0.2) is 49.4 Å². The highest BCUT2D eigenvalue weighted by Crippen LogP contribution is 2.35. The van der Waals surface area contributed by atoms with E-state index in [0.717, 1.165) is 37.4 Å². The van der Waals surface area contributed by atoms with E-state index in [1.165, 1.54) is 0 Å². The molecule has 1 aromatic heterocycles. The molecule has 3 rings (SSSR count). The quantitative estimate of drug-likeness (QED) is 0.566. The molecule has 150 valence electrons. The van der Waals surface area contributed by atoms with Crippen molar-refractivity contribution < 1.29 is 36.2 Å². The summed E-state index contributed by atoms with van der Waals surface area (Å²) in [5.74, 6) is 0.972. The van der Waals surface area contributed by atoms with Gasteiger partial charge in [0.1, 0.15) is 29.3 Å². The Balaban J connectivity index is 0.00000261. The molecule has 1 saturated heterocycles. The molecule has 27 heavy (non-hydrogen) atoms. The number of piperidine rings is 1. The van der Waals surface area contributed by atoms with Gasteiger partial charge in [0.15, 0.2) is 0 Å². The van der Waals surface area contributed by atoms with Crippen LogP contribution in [0.25, 0.3) is 11.0 Å². The van der Waals surface area contributed by atoms with Crippen LogP contribution in [0.1, 0.15) is 41.4 Å². The molecule has 0 spiro atoms. The lowest BCUT2D eigenvalue weighted by Crippen LogP contribution is -3.00. The van der Waals surface area contributed by atoms with Crippen LogP contribution < -0.4 is 12.4 Å². The number of likely N-dealkylation sites (tertiary alicyclic amines) is 1. The van der Waals surface area contributed by atoms with Gasteiger partial charge in [-0.2, -0.15) is 0 Å². The summed E-state index contributed by atoms with van der Waals surface area (Å²) in [5.41, 5.74) is 1.72. The molecule has 2 aromatic rings. The van der Waals surface area contributed by atoms with Crippen molar-refractivity contribution in [3.05, 3.63) is 29.0 Å². The standard InChI is InChI=1S/C20H27NO5.ClH/c1-13-6-8-21(9-7-13)12-15-16(22)4-5-17-19(15)18(14(2)26-17)20(23)25-11-10-24-3;/h4-5,13,22H,6-12H2,1-3H3;1H/p-1. The second-order valence-corrected chi connectivity index (χ2v) is 7.06. The van der Waals surface area contributed by atoms with Gasteiger partial charge in [-0.3, -0.25) is 4.90 Å². The van der Waals surface area contributed by atoms with E-state index < -0.39 is 5.97 Å².